The summed E-state index contributed by atoms with van der Waals surface area (Å²) in [5.74, 6) is 0.0526. The Labute approximate surface area is 134 Å². The SMILES string of the molecule is Cc1ccc2c(COC(=O)C[C@@H]3C=CCC3)cc(=O)oc2c1C. The van der Waals surface area contributed by atoms with Crippen LogP contribution in [0, 0.1) is 19.8 Å². The maximum absolute atomic E-state index is 12.0. The lowest BCUT2D eigenvalue weighted by atomic mass is 10.0. The monoisotopic (exact) mass is 312 g/mol. The number of ether oxygens (including phenoxy) is 1. The Balaban J connectivity index is 1.79. The maximum atomic E-state index is 12.0. The highest BCUT2D eigenvalue weighted by atomic mass is 16.5. The molecule has 120 valence electrons. The quantitative estimate of drug-likeness (QED) is 0.489. The van der Waals surface area contributed by atoms with Crippen LogP contribution in [0.25, 0.3) is 11.0 Å². The second-order valence-electron chi connectivity index (χ2n) is 6.11. The van der Waals surface area contributed by atoms with Crippen LogP contribution in [0.4, 0.5) is 0 Å². The van der Waals surface area contributed by atoms with E-state index in [0.717, 1.165) is 29.4 Å². The van der Waals surface area contributed by atoms with Gasteiger partial charge in [0.1, 0.15) is 12.2 Å². The van der Waals surface area contributed by atoms with Crippen LogP contribution in [-0.4, -0.2) is 5.97 Å². The summed E-state index contributed by atoms with van der Waals surface area (Å²) >= 11 is 0. The fourth-order valence-electron chi connectivity index (χ4n) is 2.94. The Morgan fingerprint density at radius 3 is 2.91 bits per heavy atom. The van der Waals surface area contributed by atoms with Gasteiger partial charge in [-0.3, -0.25) is 4.79 Å². The highest BCUT2D eigenvalue weighted by Gasteiger charge is 2.16. The molecular formula is C19H20O4. The number of aryl methyl sites for hydroxylation is 2. The molecule has 3 rings (SSSR count). The highest BCUT2D eigenvalue weighted by Crippen LogP contribution is 2.24. The van der Waals surface area contributed by atoms with Gasteiger partial charge in [-0.1, -0.05) is 24.3 Å². The third kappa shape index (κ3) is 3.36. The van der Waals surface area contributed by atoms with Crippen LogP contribution in [0.15, 0.2) is 39.6 Å². The highest BCUT2D eigenvalue weighted by molar-refractivity contribution is 5.84. The summed E-state index contributed by atoms with van der Waals surface area (Å²) in [4.78, 5) is 23.7. The van der Waals surface area contributed by atoms with E-state index in [0.29, 0.717) is 17.6 Å². The van der Waals surface area contributed by atoms with Gasteiger partial charge >= 0.3 is 11.6 Å². The molecule has 0 unspecified atom stereocenters. The molecule has 0 radical (unpaired) electrons. The normalized spacial score (nSPS) is 16.9. The molecule has 23 heavy (non-hydrogen) atoms. The van der Waals surface area contributed by atoms with Crippen molar-refractivity contribution in [3.63, 3.8) is 0 Å². The molecular weight excluding hydrogens is 292 g/mol. The van der Waals surface area contributed by atoms with E-state index in [9.17, 15) is 9.59 Å². The maximum Gasteiger partial charge on any atom is 0.336 e. The van der Waals surface area contributed by atoms with Gasteiger partial charge in [0.05, 0.1) is 6.42 Å². The standard InChI is InChI=1S/C19H20O4/c1-12-7-8-16-15(10-18(21)23-19(16)13(12)2)11-22-17(20)9-14-5-3-4-6-14/h3,5,7-8,10,14H,4,6,9,11H2,1-2H3/t14-/m1/s1. The summed E-state index contributed by atoms with van der Waals surface area (Å²) in [5.41, 5.74) is 2.83. The van der Waals surface area contributed by atoms with Crippen molar-refractivity contribution in [3.8, 4) is 0 Å². The topological polar surface area (TPSA) is 56.5 Å². The zero-order valence-electron chi connectivity index (χ0n) is 13.4. The number of benzene rings is 1. The smallest absolute Gasteiger partial charge is 0.336 e. The fourth-order valence-corrected chi connectivity index (χ4v) is 2.94. The van der Waals surface area contributed by atoms with E-state index in [4.69, 9.17) is 9.15 Å². The van der Waals surface area contributed by atoms with Crippen molar-refractivity contribution in [1.29, 1.82) is 0 Å². The summed E-state index contributed by atoms with van der Waals surface area (Å²) in [6.07, 6.45) is 6.60. The largest absolute Gasteiger partial charge is 0.461 e. The first-order chi connectivity index (χ1) is 11.0. The molecule has 2 aromatic rings. The van der Waals surface area contributed by atoms with Crippen molar-refractivity contribution < 1.29 is 13.9 Å². The molecule has 0 amide bonds. The summed E-state index contributed by atoms with van der Waals surface area (Å²) < 4.78 is 10.7. The van der Waals surface area contributed by atoms with Gasteiger partial charge in [0.25, 0.3) is 0 Å². The lowest BCUT2D eigenvalue weighted by Crippen LogP contribution is -2.10. The lowest BCUT2D eigenvalue weighted by Gasteiger charge is -2.11. The van der Waals surface area contributed by atoms with Crippen molar-refractivity contribution in [3.05, 3.63) is 57.5 Å². The second kappa shape index (κ2) is 6.41. The Kier molecular flexibility index (Phi) is 4.33. The van der Waals surface area contributed by atoms with Gasteiger partial charge in [0.2, 0.25) is 0 Å². The molecule has 1 aliphatic rings. The first-order valence-electron chi connectivity index (χ1n) is 7.90. The minimum atomic E-state index is -0.420. The van der Waals surface area contributed by atoms with Crippen LogP contribution in [0.1, 0.15) is 36.0 Å². The van der Waals surface area contributed by atoms with Crippen molar-refractivity contribution in [1.82, 2.24) is 0 Å². The van der Waals surface area contributed by atoms with Crippen molar-refractivity contribution in [2.45, 2.75) is 39.7 Å². The van der Waals surface area contributed by atoms with Gasteiger partial charge in [-0.25, -0.2) is 4.79 Å². The van der Waals surface area contributed by atoms with E-state index in [1.165, 1.54) is 6.07 Å². The van der Waals surface area contributed by atoms with E-state index >= 15 is 0 Å². The molecule has 0 fully saturated rings. The third-order valence-corrected chi connectivity index (χ3v) is 4.45. The van der Waals surface area contributed by atoms with Crippen LogP contribution in [-0.2, 0) is 16.1 Å². The Bertz CT molecular complexity index is 829. The Morgan fingerprint density at radius 1 is 1.35 bits per heavy atom. The molecule has 4 heteroatoms. The molecule has 1 heterocycles. The van der Waals surface area contributed by atoms with Crippen molar-refractivity contribution in [2.24, 2.45) is 5.92 Å². The number of hydrogen-bond donors (Lipinski definition) is 0. The zero-order valence-corrected chi connectivity index (χ0v) is 13.4. The fraction of sp³-hybridized carbons (Fsp3) is 0.368. The number of allylic oxidation sites excluding steroid dienone is 2. The minimum absolute atomic E-state index is 0.0971. The lowest BCUT2D eigenvalue weighted by molar-refractivity contribution is -0.145. The van der Waals surface area contributed by atoms with Crippen LogP contribution < -0.4 is 5.63 Å². The molecule has 0 saturated carbocycles. The van der Waals surface area contributed by atoms with Crippen LogP contribution in [0.2, 0.25) is 0 Å². The predicted octanol–water partition coefficient (Wildman–Crippen LogP) is 3.81. The van der Waals surface area contributed by atoms with Gasteiger partial charge in [0, 0.05) is 17.0 Å². The van der Waals surface area contributed by atoms with Crippen LogP contribution in [0.3, 0.4) is 0 Å². The Hall–Kier alpha value is -2.36. The van der Waals surface area contributed by atoms with E-state index in [2.05, 4.69) is 12.2 Å². The average Bonchev–Trinajstić information content (AvgIpc) is 3.02. The molecule has 0 bridgehead atoms. The molecule has 0 N–H and O–H groups in total. The predicted molar refractivity (Wildman–Crippen MR) is 88.2 cm³/mol. The van der Waals surface area contributed by atoms with Crippen molar-refractivity contribution in [2.75, 3.05) is 0 Å². The van der Waals surface area contributed by atoms with Gasteiger partial charge in [-0.15, -0.1) is 0 Å². The number of hydrogen-bond acceptors (Lipinski definition) is 4. The number of carbonyl (C=O) groups is 1. The second-order valence-corrected chi connectivity index (χ2v) is 6.11. The molecule has 1 aliphatic carbocycles. The Morgan fingerprint density at radius 2 is 2.17 bits per heavy atom. The average molecular weight is 312 g/mol. The van der Waals surface area contributed by atoms with Gasteiger partial charge < -0.3 is 9.15 Å². The minimum Gasteiger partial charge on any atom is -0.461 e. The molecule has 4 nitrogen and oxygen atoms in total. The molecule has 0 saturated heterocycles. The summed E-state index contributed by atoms with van der Waals surface area (Å²) in [7, 11) is 0. The first-order valence-corrected chi connectivity index (χ1v) is 7.90. The van der Waals surface area contributed by atoms with E-state index in [-0.39, 0.29) is 18.5 Å². The number of esters is 1. The van der Waals surface area contributed by atoms with Gasteiger partial charge in [0.15, 0.2) is 0 Å². The van der Waals surface area contributed by atoms with E-state index in [1.54, 1.807) is 0 Å². The molecule has 0 aliphatic heterocycles. The third-order valence-electron chi connectivity index (χ3n) is 4.45. The summed E-state index contributed by atoms with van der Waals surface area (Å²) in [6, 6.07) is 5.29. The summed E-state index contributed by atoms with van der Waals surface area (Å²) in [5, 5.41) is 0.821. The van der Waals surface area contributed by atoms with Crippen molar-refractivity contribution >= 4 is 16.9 Å². The molecule has 0 spiro atoms. The van der Waals surface area contributed by atoms with Gasteiger partial charge in [-0.2, -0.15) is 0 Å². The van der Waals surface area contributed by atoms with Gasteiger partial charge in [-0.05, 0) is 43.7 Å². The number of rotatable bonds is 4. The summed E-state index contributed by atoms with van der Waals surface area (Å²) in [6.45, 7) is 3.99. The van der Waals surface area contributed by atoms with Crippen LogP contribution >= 0.6 is 0 Å². The number of carbonyl (C=O) groups excluding carboxylic acids is 1. The molecule has 1 aromatic heterocycles. The number of fused-ring (bicyclic) bond motifs is 1. The van der Waals surface area contributed by atoms with E-state index in [1.807, 2.05) is 26.0 Å². The molecule has 1 atom stereocenters. The molecule has 1 aromatic carbocycles. The first kappa shape index (κ1) is 15.5. The van der Waals surface area contributed by atoms with E-state index < -0.39 is 5.63 Å². The zero-order chi connectivity index (χ0) is 16.4. The van der Waals surface area contributed by atoms with Crippen LogP contribution in [0.5, 0.6) is 0 Å².